The highest BCUT2D eigenvalue weighted by atomic mass is 79.9. The fraction of sp³-hybridized carbons (Fsp3) is 0. The van der Waals surface area contributed by atoms with Crippen LogP contribution in [0.25, 0.3) is 0 Å². The van der Waals surface area contributed by atoms with Crippen LogP contribution in [-0.4, -0.2) is 0 Å². The highest BCUT2D eigenvalue weighted by Crippen LogP contribution is 0.866. The van der Waals surface area contributed by atoms with Crippen molar-refractivity contribution in [3.8, 4) is 0 Å². The van der Waals surface area contributed by atoms with Crippen LogP contribution in [0.3, 0.4) is 0 Å². The van der Waals surface area contributed by atoms with Crippen LogP contribution in [0.1, 0.15) is 0 Å². The normalized spacial score (nSPS) is 1.33. The third-order valence-corrected chi connectivity index (χ3v) is 0. The molecular weight excluding hydrogens is 312 g/mol. The highest BCUT2D eigenvalue weighted by molar-refractivity contribution is 4.22. The summed E-state index contributed by atoms with van der Waals surface area (Å²) in [6.45, 7) is 18.0. The number of halogens is 3. The zero-order chi connectivity index (χ0) is 6.00. The Hall–Kier alpha value is 0.660. The van der Waals surface area contributed by atoms with Crippen molar-refractivity contribution >= 4 is 0 Å². The SMILES string of the molecule is C=C.C=C.C=C.[Br-].[Br-].[Br-]. The van der Waals surface area contributed by atoms with Crippen LogP contribution < -0.4 is 50.9 Å². The van der Waals surface area contributed by atoms with E-state index in [1.165, 1.54) is 0 Å². The molecule has 9 heavy (non-hydrogen) atoms. The van der Waals surface area contributed by atoms with Gasteiger partial charge in [0.15, 0.2) is 0 Å². The molecule has 0 amide bonds. The molecule has 0 fully saturated rings. The van der Waals surface area contributed by atoms with E-state index in [4.69, 9.17) is 0 Å². The van der Waals surface area contributed by atoms with E-state index >= 15 is 0 Å². The Kier molecular flexibility index (Phi) is 7010. The van der Waals surface area contributed by atoms with Gasteiger partial charge < -0.3 is 50.9 Å². The summed E-state index contributed by atoms with van der Waals surface area (Å²) in [5, 5.41) is 0. The van der Waals surface area contributed by atoms with Crippen LogP contribution in [0.4, 0.5) is 0 Å². The molecule has 0 spiro atoms. The van der Waals surface area contributed by atoms with E-state index in [-0.39, 0.29) is 50.9 Å². The van der Waals surface area contributed by atoms with Gasteiger partial charge in [0.05, 0.1) is 0 Å². The number of hydrogen-bond donors (Lipinski definition) is 0. The summed E-state index contributed by atoms with van der Waals surface area (Å²) in [5.41, 5.74) is 0. The second-order valence-corrected chi connectivity index (χ2v) is 0. The largest absolute Gasteiger partial charge is 1.00 e. The van der Waals surface area contributed by atoms with Crippen molar-refractivity contribution in [3.05, 3.63) is 39.5 Å². The maximum atomic E-state index is 3.00. The van der Waals surface area contributed by atoms with Crippen molar-refractivity contribution < 1.29 is 50.9 Å². The Morgan fingerprint density at radius 2 is 0.333 bits per heavy atom. The van der Waals surface area contributed by atoms with E-state index in [9.17, 15) is 0 Å². The monoisotopic (exact) mass is 321 g/mol. The predicted molar refractivity (Wildman–Crippen MR) is 33.8 cm³/mol. The second kappa shape index (κ2) is 1170. The summed E-state index contributed by atoms with van der Waals surface area (Å²) in [4.78, 5) is 0. The zero-order valence-corrected chi connectivity index (χ0v) is 10.1. The Morgan fingerprint density at radius 3 is 0.333 bits per heavy atom. The molecular formula is C6H12Br3-3. The first-order chi connectivity index (χ1) is 3.00. The van der Waals surface area contributed by atoms with Gasteiger partial charge in [-0.1, -0.05) is 0 Å². The van der Waals surface area contributed by atoms with E-state index in [2.05, 4.69) is 39.5 Å². The van der Waals surface area contributed by atoms with Gasteiger partial charge in [-0.15, -0.1) is 39.5 Å². The van der Waals surface area contributed by atoms with E-state index in [0.717, 1.165) is 0 Å². The van der Waals surface area contributed by atoms with Gasteiger partial charge in [-0.2, -0.15) is 0 Å². The first-order valence-corrected chi connectivity index (χ1v) is 1.50. The minimum atomic E-state index is 0. The molecule has 3 heteroatoms. The molecule has 0 aliphatic heterocycles. The standard InChI is InChI=1S/3C2H4.3BrH/c3*1-2;;;/h3*1-2H2;3*1H/p-3. The number of hydrogen-bond acceptors (Lipinski definition) is 0. The van der Waals surface area contributed by atoms with E-state index in [1.54, 1.807) is 0 Å². The van der Waals surface area contributed by atoms with Crippen molar-refractivity contribution in [3.63, 3.8) is 0 Å². The first kappa shape index (κ1) is 54.1. The molecule has 0 aromatic heterocycles. The van der Waals surface area contributed by atoms with Gasteiger partial charge in [0, 0.05) is 0 Å². The third-order valence-electron chi connectivity index (χ3n) is 0. The van der Waals surface area contributed by atoms with Gasteiger partial charge in [0.2, 0.25) is 0 Å². The summed E-state index contributed by atoms with van der Waals surface area (Å²) >= 11 is 0. The lowest BCUT2D eigenvalue weighted by atomic mass is 11.3. The van der Waals surface area contributed by atoms with Gasteiger partial charge >= 0.3 is 0 Å². The summed E-state index contributed by atoms with van der Waals surface area (Å²) in [5.74, 6) is 0. The summed E-state index contributed by atoms with van der Waals surface area (Å²) < 4.78 is 0. The number of rotatable bonds is 0. The van der Waals surface area contributed by atoms with Crippen molar-refractivity contribution in [2.75, 3.05) is 0 Å². The molecule has 0 bridgehead atoms. The molecule has 0 atom stereocenters. The summed E-state index contributed by atoms with van der Waals surface area (Å²) in [6.07, 6.45) is 0. The fourth-order valence-corrected chi connectivity index (χ4v) is 0. The lowest BCUT2D eigenvalue weighted by Gasteiger charge is -1.00. The van der Waals surface area contributed by atoms with Crippen molar-refractivity contribution in [2.24, 2.45) is 0 Å². The van der Waals surface area contributed by atoms with Crippen LogP contribution >= 0.6 is 0 Å². The average Bonchev–Trinajstić information content (AvgIpc) is 1.81. The molecule has 0 unspecified atom stereocenters. The van der Waals surface area contributed by atoms with Crippen LogP contribution in [0, 0.1) is 0 Å². The first-order valence-electron chi connectivity index (χ1n) is 1.50. The highest BCUT2D eigenvalue weighted by Gasteiger charge is 0.605. The molecule has 0 heterocycles. The second-order valence-electron chi connectivity index (χ2n) is 0. The lowest BCUT2D eigenvalue weighted by molar-refractivity contribution is -0.00100. The van der Waals surface area contributed by atoms with Crippen LogP contribution in [0.2, 0.25) is 0 Å². The van der Waals surface area contributed by atoms with Gasteiger partial charge in [-0.3, -0.25) is 0 Å². The fourth-order valence-electron chi connectivity index (χ4n) is 0. The van der Waals surface area contributed by atoms with E-state index < -0.39 is 0 Å². The average molecular weight is 324 g/mol. The molecule has 0 saturated carbocycles. The smallest absolute Gasteiger partial charge is 0.106 e. The minimum absolute atomic E-state index is 0. The van der Waals surface area contributed by atoms with E-state index in [0.29, 0.717) is 0 Å². The summed E-state index contributed by atoms with van der Waals surface area (Å²) in [6, 6.07) is 0. The maximum Gasteiger partial charge on any atom is -0.106 e. The van der Waals surface area contributed by atoms with Crippen molar-refractivity contribution in [2.45, 2.75) is 0 Å². The van der Waals surface area contributed by atoms with Gasteiger partial charge in [0.1, 0.15) is 0 Å². The van der Waals surface area contributed by atoms with Crippen LogP contribution in [0.15, 0.2) is 39.5 Å². The van der Waals surface area contributed by atoms with E-state index in [1.807, 2.05) is 0 Å². The molecule has 0 radical (unpaired) electrons. The van der Waals surface area contributed by atoms with Gasteiger partial charge in [-0.05, 0) is 0 Å². The van der Waals surface area contributed by atoms with Gasteiger partial charge in [-0.25, -0.2) is 0 Å². The van der Waals surface area contributed by atoms with Crippen molar-refractivity contribution in [1.29, 1.82) is 0 Å². The van der Waals surface area contributed by atoms with Crippen LogP contribution in [-0.2, 0) is 0 Å². The lowest BCUT2D eigenvalue weighted by Crippen LogP contribution is -3.00. The maximum absolute atomic E-state index is 3.00. The Balaban J connectivity index is -0.00000000321. The molecule has 0 aromatic rings. The van der Waals surface area contributed by atoms with Crippen molar-refractivity contribution in [1.82, 2.24) is 0 Å². The molecule has 0 N–H and O–H groups in total. The van der Waals surface area contributed by atoms with Crippen LogP contribution in [0.5, 0.6) is 0 Å². The molecule has 0 aliphatic carbocycles. The molecule has 0 aromatic carbocycles. The molecule has 0 saturated heterocycles. The summed E-state index contributed by atoms with van der Waals surface area (Å²) in [7, 11) is 0. The zero-order valence-electron chi connectivity index (χ0n) is 5.38. The molecule has 60 valence electrons. The molecule has 0 rings (SSSR count). The Morgan fingerprint density at radius 1 is 0.333 bits per heavy atom. The third kappa shape index (κ3) is 882. The Bertz CT molecular complexity index is 13.0. The molecule has 0 nitrogen and oxygen atoms in total. The topological polar surface area (TPSA) is 0 Å². The Labute approximate surface area is 90.0 Å². The quantitative estimate of drug-likeness (QED) is 0.389. The molecule has 0 aliphatic rings. The predicted octanol–water partition coefficient (Wildman–Crippen LogP) is -6.58. The minimum Gasteiger partial charge on any atom is -1.00 e. The van der Waals surface area contributed by atoms with Gasteiger partial charge in [0.25, 0.3) is 0 Å².